The van der Waals surface area contributed by atoms with E-state index in [2.05, 4.69) is 15.5 Å². The van der Waals surface area contributed by atoms with Crippen LogP contribution in [-0.4, -0.2) is 21.6 Å². The van der Waals surface area contributed by atoms with Crippen molar-refractivity contribution in [3.05, 3.63) is 40.2 Å². The Kier molecular flexibility index (Phi) is 3.42. The highest BCUT2D eigenvalue weighted by atomic mass is 16.6. The molecule has 104 valence electrons. The van der Waals surface area contributed by atoms with E-state index in [0.717, 1.165) is 19.4 Å². The lowest BCUT2D eigenvalue weighted by molar-refractivity contribution is -0.384. The first-order chi connectivity index (χ1) is 9.74. The molecule has 1 aliphatic heterocycles. The first kappa shape index (κ1) is 12.7. The second-order valence-electron chi connectivity index (χ2n) is 4.76. The molecular weight excluding hydrogens is 260 g/mol. The van der Waals surface area contributed by atoms with Crippen LogP contribution in [0.4, 0.5) is 5.69 Å². The van der Waals surface area contributed by atoms with Crippen molar-refractivity contribution in [3.63, 3.8) is 0 Å². The Morgan fingerprint density at radius 1 is 1.30 bits per heavy atom. The van der Waals surface area contributed by atoms with Gasteiger partial charge in [0.1, 0.15) is 0 Å². The maximum absolute atomic E-state index is 10.6. The van der Waals surface area contributed by atoms with Crippen LogP contribution in [0.15, 0.2) is 28.8 Å². The average Bonchev–Trinajstić information content (AvgIpc) is 2.98. The number of non-ortho nitro benzene ring substituents is 1. The molecule has 0 amide bonds. The second-order valence-corrected chi connectivity index (χ2v) is 4.76. The highest BCUT2D eigenvalue weighted by Crippen LogP contribution is 2.25. The van der Waals surface area contributed by atoms with Gasteiger partial charge in [0, 0.05) is 17.7 Å². The lowest BCUT2D eigenvalue weighted by Crippen LogP contribution is -2.27. The topological polar surface area (TPSA) is 94.1 Å². The van der Waals surface area contributed by atoms with Crippen LogP contribution < -0.4 is 5.32 Å². The molecular formula is C13H14N4O3. The molecule has 1 saturated heterocycles. The molecule has 1 atom stereocenters. The third kappa shape index (κ3) is 2.53. The number of nitro benzene ring substituents is 1. The molecule has 1 unspecified atom stereocenters. The number of benzene rings is 1. The lowest BCUT2D eigenvalue weighted by atomic mass is 10.0. The molecule has 0 radical (unpaired) electrons. The molecule has 1 N–H and O–H groups in total. The van der Waals surface area contributed by atoms with Crippen molar-refractivity contribution in [2.75, 3.05) is 6.54 Å². The zero-order valence-electron chi connectivity index (χ0n) is 10.8. The molecule has 0 saturated carbocycles. The van der Waals surface area contributed by atoms with Crippen LogP contribution in [0.5, 0.6) is 0 Å². The number of rotatable bonds is 3. The first-order valence-electron chi connectivity index (χ1n) is 6.56. The zero-order valence-corrected chi connectivity index (χ0v) is 10.8. The fraction of sp³-hybridized carbons (Fsp3) is 0.385. The molecule has 1 aromatic heterocycles. The number of hydrogen-bond donors (Lipinski definition) is 1. The van der Waals surface area contributed by atoms with Gasteiger partial charge in [-0.1, -0.05) is 11.6 Å². The minimum Gasteiger partial charge on any atom is -0.334 e. The fourth-order valence-corrected chi connectivity index (χ4v) is 2.29. The minimum absolute atomic E-state index is 0.0439. The smallest absolute Gasteiger partial charge is 0.269 e. The van der Waals surface area contributed by atoms with Crippen LogP contribution in [0.25, 0.3) is 11.5 Å². The van der Waals surface area contributed by atoms with Gasteiger partial charge in [-0.3, -0.25) is 10.1 Å². The Balaban J connectivity index is 1.80. The average molecular weight is 274 g/mol. The van der Waals surface area contributed by atoms with E-state index in [9.17, 15) is 10.1 Å². The number of piperidine rings is 1. The van der Waals surface area contributed by atoms with Gasteiger partial charge in [0.2, 0.25) is 0 Å². The highest BCUT2D eigenvalue weighted by molar-refractivity contribution is 5.55. The summed E-state index contributed by atoms with van der Waals surface area (Å²) in [5.41, 5.74) is 0.729. The van der Waals surface area contributed by atoms with Gasteiger partial charge in [-0.2, -0.15) is 4.98 Å². The summed E-state index contributed by atoms with van der Waals surface area (Å²) in [6.07, 6.45) is 3.32. The maximum Gasteiger partial charge on any atom is 0.269 e. The molecule has 2 heterocycles. The van der Waals surface area contributed by atoms with Crippen molar-refractivity contribution < 1.29 is 9.45 Å². The van der Waals surface area contributed by atoms with Crippen molar-refractivity contribution in [3.8, 4) is 11.5 Å². The maximum atomic E-state index is 10.6. The van der Waals surface area contributed by atoms with E-state index in [1.54, 1.807) is 12.1 Å². The molecule has 3 rings (SSSR count). The van der Waals surface area contributed by atoms with Gasteiger partial charge in [-0.15, -0.1) is 0 Å². The van der Waals surface area contributed by atoms with Crippen LogP contribution in [0.2, 0.25) is 0 Å². The van der Waals surface area contributed by atoms with Gasteiger partial charge in [0.05, 0.1) is 11.0 Å². The normalized spacial score (nSPS) is 18.9. The number of hydrogen-bond acceptors (Lipinski definition) is 6. The summed E-state index contributed by atoms with van der Waals surface area (Å²) in [7, 11) is 0. The van der Waals surface area contributed by atoms with E-state index in [4.69, 9.17) is 4.52 Å². The lowest BCUT2D eigenvalue weighted by Gasteiger charge is -2.19. The van der Waals surface area contributed by atoms with E-state index in [1.807, 2.05) is 0 Å². The molecule has 7 nitrogen and oxygen atoms in total. The van der Waals surface area contributed by atoms with Gasteiger partial charge in [0.15, 0.2) is 5.82 Å². The Labute approximate surface area is 115 Å². The summed E-state index contributed by atoms with van der Waals surface area (Å²) in [5.74, 6) is 1.04. The molecule has 0 spiro atoms. The van der Waals surface area contributed by atoms with E-state index >= 15 is 0 Å². The van der Waals surface area contributed by atoms with Crippen LogP contribution in [0.3, 0.4) is 0 Å². The summed E-state index contributed by atoms with van der Waals surface area (Å²) in [6, 6.07) is 6.23. The molecule has 0 aliphatic carbocycles. The summed E-state index contributed by atoms with van der Waals surface area (Å²) in [5, 5.41) is 17.9. The Morgan fingerprint density at radius 2 is 2.10 bits per heavy atom. The largest absolute Gasteiger partial charge is 0.334 e. The SMILES string of the molecule is O=[N+]([O-])c1ccc(-c2nc(C3CCCCN3)no2)cc1. The van der Waals surface area contributed by atoms with Crippen LogP contribution in [0.1, 0.15) is 31.1 Å². The van der Waals surface area contributed by atoms with Gasteiger partial charge >= 0.3 is 0 Å². The third-order valence-corrected chi connectivity index (χ3v) is 3.39. The molecule has 1 fully saturated rings. The van der Waals surface area contributed by atoms with E-state index < -0.39 is 4.92 Å². The van der Waals surface area contributed by atoms with Gasteiger partial charge in [0.25, 0.3) is 11.6 Å². The van der Waals surface area contributed by atoms with Crippen molar-refractivity contribution in [1.82, 2.24) is 15.5 Å². The first-order valence-corrected chi connectivity index (χ1v) is 6.56. The van der Waals surface area contributed by atoms with E-state index in [0.29, 0.717) is 17.3 Å². The molecule has 20 heavy (non-hydrogen) atoms. The van der Waals surface area contributed by atoms with Crippen molar-refractivity contribution in [2.45, 2.75) is 25.3 Å². The standard InChI is InChI=1S/C13H14N4O3/c18-17(19)10-6-4-9(5-7-10)13-15-12(16-20-13)11-3-1-2-8-14-11/h4-7,11,14H,1-3,8H2. The van der Waals surface area contributed by atoms with Gasteiger partial charge in [-0.25, -0.2) is 0 Å². The fourth-order valence-electron chi connectivity index (χ4n) is 2.29. The van der Waals surface area contributed by atoms with Crippen LogP contribution in [0, 0.1) is 10.1 Å². The Morgan fingerprint density at radius 3 is 2.75 bits per heavy atom. The number of nitrogens with one attached hydrogen (secondary N) is 1. The summed E-state index contributed by atoms with van der Waals surface area (Å²) >= 11 is 0. The van der Waals surface area contributed by atoms with Crippen molar-refractivity contribution >= 4 is 5.69 Å². The van der Waals surface area contributed by atoms with Crippen LogP contribution in [-0.2, 0) is 0 Å². The predicted octanol–water partition coefficient (Wildman–Crippen LogP) is 2.46. The molecule has 1 aliphatic rings. The quantitative estimate of drug-likeness (QED) is 0.682. The van der Waals surface area contributed by atoms with Gasteiger partial charge in [-0.05, 0) is 31.5 Å². The van der Waals surface area contributed by atoms with Crippen molar-refractivity contribution in [1.29, 1.82) is 0 Å². The monoisotopic (exact) mass is 274 g/mol. The summed E-state index contributed by atoms with van der Waals surface area (Å²) in [4.78, 5) is 14.5. The molecule has 0 bridgehead atoms. The summed E-state index contributed by atoms with van der Waals surface area (Å²) in [6.45, 7) is 0.964. The van der Waals surface area contributed by atoms with E-state index in [-0.39, 0.29) is 11.7 Å². The summed E-state index contributed by atoms with van der Waals surface area (Å²) < 4.78 is 5.23. The zero-order chi connectivity index (χ0) is 13.9. The Bertz CT molecular complexity index is 602. The molecule has 7 heteroatoms. The van der Waals surface area contributed by atoms with Gasteiger partial charge < -0.3 is 9.84 Å². The third-order valence-electron chi connectivity index (χ3n) is 3.39. The minimum atomic E-state index is -0.436. The Hall–Kier alpha value is -2.28. The van der Waals surface area contributed by atoms with Crippen molar-refractivity contribution in [2.24, 2.45) is 0 Å². The van der Waals surface area contributed by atoms with E-state index in [1.165, 1.54) is 18.6 Å². The van der Waals surface area contributed by atoms with Crippen LogP contribution >= 0.6 is 0 Å². The second kappa shape index (κ2) is 5.38. The molecule has 2 aromatic rings. The molecule has 1 aromatic carbocycles. The predicted molar refractivity (Wildman–Crippen MR) is 71.0 cm³/mol. The highest BCUT2D eigenvalue weighted by Gasteiger charge is 2.21. The number of aromatic nitrogens is 2. The number of nitro groups is 1. The number of nitrogens with zero attached hydrogens (tertiary/aromatic N) is 3.